The van der Waals surface area contributed by atoms with Gasteiger partial charge in [0.05, 0.1) is 5.57 Å². The van der Waals surface area contributed by atoms with E-state index < -0.39 is 0 Å². The monoisotopic (exact) mass is 327 g/mol. The average molecular weight is 327 g/mol. The molecule has 4 nitrogen and oxygen atoms in total. The van der Waals surface area contributed by atoms with Gasteiger partial charge in [0.25, 0.3) is 5.91 Å². The topological polar surface area (TPSA) is 54.5 Å². The van der Waals surface area contributed by atoms with Gasteiger partial charge in [-0.05, 0) is 29.9 Å². The molecule has 0 fully saturated rings. The minimum atomic E-state index is -0.271. The van der Waals surface area contributed by atoms with Gasteiger partial charge in [-0.15, -0.1) is 0 Å². The number of carbonyl (C=O) groups is 3. The summed E-state index contributed by atoms with van der Waals surface area (Å²) in [6.07, 6.45) is 6.39. The third-order valence-electron chi connectivity index (χ3n) is 4.24. The number of carbonyl (C=O) groups excluding carboxylic acids is 3. The molecule has 2 aliphatic rings. The Morgan fingerprint density at radius 2 is 1.24 bits per heavy atom. The fourth-order valence-electron chi connectivity index (χ4n) is 2.97. The summed E-state index contributed by atoms with van der Waals surface area (Å²) in [5.74, 6) is -0.718. The van der Waals surface area contributed by atoms with Crippen LogP contribution in [0.2, 0.25) is 0 Å². The number of hydrogen-bond acceptors (Lipinski definition) is 3. The lowest BCUT2D eigenvalue weighted by molar-refractivity contribution is 0.0868. The van der Waals surface area contributed by atoms with Crippen LogP contribution in [0.4, 0.5) is 0 Å². The third kappa shape index (κ3) is 2.44. The van der Waals surface area contributed by atoms with E-state index in [1.54, 1.807) is 73.1 Å². The number of rotatable bonds is 1. The lowest BCUT2D eigenvalue weighted by Gasteiger charge is -2.17. The average Bonchev–Trinajstić information content (AvgIpc) is 2.93. The van der Waals surface area contributed by atoms with Gasteiger partial charge in [0.1, 0.15) is 0 Å². The van der Waals surface area contributed by atoms with Crippen LogP contribution in [-0.4, -0.2) is 22.4 Å². The van der Waals surface area contributed by atoms with Crippen molar-refractivity contribution in [3.8, 4) is 0 Å². The zero-order chi connectivity index (χ0) is 17.4. The van der Waals surface area contributed by atoms with Gasteiger partial charge in [-0.2, -0.15) is 0 Å². The first-order valence-electron chi connectivity index (χ1n) is 7.83. The lowest BCUT2D eigenvalue weighted by atomic mass is 10.0. The minimum Gasteiger partial charge on any atom is -0.291 e. The van der Waals surface area contributed by atoms with Crippen molar-refractivity contribution in [2.24, 2.45) is 0 Å². The first-order chi connectivity index (χ1) is 12.2. The fraction of sp³-hybridized carbons (Fsp3) is 0. The van der Waals surface area contributed by atoms with Crippen molar-refractivity contribution in [1.82, 2.24) is 4.90 Å². The second kappa shape index (κ2) is 5.83. The number of Topliss-reactive ketones (excluding diaryl/α,β-unsaturated/α-hetero) is 2. The molecule has 1 amide bonds. The smallest absolute Gasteiger partial charge is 0.261 e. The zero-order valence-corrected chi connectivity index (χ0v) is 13.2. The number of nitrogens with zero attached hydrogens (tertiary/aromatic N) is 1. The second-order valence-corrected chi connectivity index (χ2v) is 5.74. The summed E-state index contributed by atoms with van der Waals surface area (Å²) < 4.78 is 0. The predicted octanol–water partition coefficient (Wildman–Crippen LogP) is 3.55. The summed E-state index contributed by atoms with van der Waals surface area (Å²) in [4.78, 5) is 38.9. The molecule has 2 aromatic rings. The maximum absolute atomic E-state index is 12.5. The van der Waals surface area contributed by atoms with Gasteiger partial charge in [0, 0.05) is 29.1 Å². The van der Waals surface area contributed by atoms with Gasteiger partial charge in [-0.25, -0.2) is 0 Å². The van der Waals surface area contributed by atoms with Gasteiger partial charge in [-0.3, -0.25) is 19.3 Å². The molecule has 0 bridgehead atoms. The molecular formula is C21H13NO3. The largest absolute Gasteiger partial charge is 0.291 e. The van der Waals surface area contributed by atoms with Crippen LogP contribution in [0.1, 0.15) is 31.1 Å². The van der Waals surface area contributed by atoms with Crippen LogP contribution in [-0.2, 0) is 0 Å². The molecular weight excluding hydrogens is 314 g/mol. The summed E-state index contributed by atoms with van der Waals surface area (Å²) in [5.41, 5.74) is 2.09. The van der Waals surface area contributed by atoms with Crippen LogP contribution in [0.15, 0.2) is 90.3 Å². The maximum atomic E-state index is 12.5. The van der Waals surface area contributed by atoms with Gasteiger partial charge >= 0.3 is 0 Å². The van der Waals surface area contributed by atoms with Gasteiger partial charge in [-0.1, -0.05) is 42.5 Å². The molecule has 1 aliphatic carbocycles. The molecule has 0 radical (unpaired) electrons. The third-order valence-corrected chi connectivity index (χ3v) is 4.24. The molecule has 0 saturated heterocycles. The molecule has 2 aromatic carbocycles. The molecule has 1 aliphatic heterocycles. The molecule has 25 heavy (non-hydrogen) atoms. The quantitative estimate of drug-likeness (QED) is 0.594. The van der Waals surface area contributed by atoms with Crippen LogP contribution in [0.5, 0.6) is 0 Å². The van der Waals surface area contributed by atoms with E-state index in [0.29, 0.717) is 22.3 Å². The van der Waals surface area contributed by atoms with E-state index in [1.165, 1.54) is 4.90 Å². The lowest BCUT2D eigenvalue weighted by Crippen LogP contribution is -2.21. The van der Waals surface area contributed by atoms with Crippen molar-refractivity contribution in [2.45, 2.75) is 0 Å². The normalized spacial score (nSPS) is 15.8. The van der Waals surface area contributed by atoms with Gasteiger partial charge < -0.3 is 0 Å². The molecule has 4 heteroatoms. The Kier molecular flexibility index (Phi) is 3.51. The summed E-state index contributed by atoms with van der Waals surface area (Å²) >= 11 is 0. The van der Waals surface area contributed by atoms with Crippen LogP contribution in [0, 0.1) is 0 Å². The molecule has 4 rings (SSSR count). The number of allylic oxidation sites excluding steroid dienone is 4. The number of benzene rings is 2. The predicted molar refractivity (Wildman–Crippen MR) is 93.0 cm³/mol. The van der Waals surface area contributed by atoms with Crippen molar-refractivity contribution < 1.29 is 14.4 Å². The highest BCUT2D eigenvalue weighted by atomic mass is 16.2. The minimum absolute atomic E-state index is 0.153. The van der Waals surface area contributed by atoms with E-state index in [-0.39, 0.29) is 23.0 Å². The van der Waals surface area contributed by atoms with E-state index >= 15 is 0 Å². The fourth-order valence-corrected chi connectivity index (χ4v) is 2.97. The van der Waals surface area contributed by atoms with Crippen LogP contribution < -0.4 is 0 Å². The van der Waals surface area contributed by atoms with Crippen molar-refractivity contribution >= 4 is 17.5 Å². The highest BCUT2D eigenvalue weighted by molar-refractivity contribution is 6.40. The Hall–Kier alpha value is -3.53. The molecule has 120 valence electrons. The molecule has 0 N–H and O–H groups in total. The summed E-state index contributed by atoms with van der Waals surface area (Å²) in [5, 5.41) is 0. The maximum Gasteiger partial charge on any atom is 0.261 e. The Balaban J connectivity index is 1.65. The first kappa shape index (κ1) is 15.0. The molecule has 0 unspecified atom stereocenters. The van der Waals surface area contributed by atoms with Gasteiger partial charge in [0.2, 0.25) is 0 Å². The van der Waals surface area contributed by atoms with Crippen LogP contribution >= 0.6 is 0 Å². The Labute approximate surface area is 144 Å². The summed E-state index contributed by atoms with van der Waals surface area (Å²) in [6, 6.07) is 15.7. The number of hydrogen-bond donors (Lipinski definition) is 0. The molecule has 0 aromatic heterocycles. The molecule has 0 atom stereocenters. The van der Waals surface area contributed by atoms with Crippen molar-refractivity contribution in [3.05, 3.63) is 107 Å². The first-order valence-corrected chi connectivity index (χ1v) is 7.83. The van der Waals surface area contributed by atoms with Crippen molar-refractivity contribution in [3.63, 3.8) is 0 Å². The van der Waals surface area contributed by atoms with E-state index in [2.05, 4.69) is 0 Å². The second-order valence-electron chi connectivity index (χ2n) is 5.74. The van der Waals surface area contributed by atoms with E-state index in [4.69, 9.17) is 0 Å². The van der Waals surface area contributed by atoms with Crippen LogP contribution in [0.3, 0.4) is 0 Å². The summed E-state index contributed by atoms with van der Waals surface area (Å²) in [7, 11) is 0. The highest BCUT2D eigenvalue weighted by Gasteiger charge is 2.34. The molecule has 1 heterocycles. The van der Waals surface area contributed by atoms with Crippen LogP contribution in [0.25, 0.3) is 0 Å². The molecule has 0 saturated carbocycles. The number of fused-ring (bicyclic) bond motifs is 1. The van der Waals surface area contributed by atoms with E-state index in [1.807, 2.05) is 6.07 Å². The van der Waals surface area contributed by atoms with Crippen molar-refractivity contribution in [2.75, 3.05) is 0 Å². The van der Waals surface area contributed by atoms with Gasteiger partial charge in [0.15, 0.2) is 11.6 Å². The Morgan fingerprint density at radius 3 is 1.80 bits per heavy atom. The van der Waals surface area contributed by atoms with Crippen molar-refractivity contribution in [1.29, 1.82) is 0 Å². The Bertz CT molecular complexity index is 944. The number of amides is 1. The number of ketones is 2. The summed E-state index contributed by atoms with van der Waals surface area (Å²) in [6.45, 7) is 0. The van der Waals surface area contributed by atoms with E-state index in [9.17, 15) is 14.4 Å². The molecule has 0 spiro atoms. The standard InChI is InChI=1S/C21H13NO3/c23-19-16-8-4-5-9-17(16)20(24)18(19)14-10-12-22(13-11-14)21(25)15-6-2-1-3-7-15/h1-13H. The van der Waals surface area contributed by atoms with E-state index in [0.717, 1.165) is 0 Å². The zero-order valence-electron chi connectivity index (χ0n) is 13.2. The SMILES string of the molecule is O=C1C(=C2C=CN(C(=O)c3ccccc3)C=C2)C(=O)c2ccccc21. The highest BCUT2D eigenvalue weighted by Crippen LogP contribution is 2.30. The Morgan fingerprint density at radius 1 is 0.720 bits per heavy atom.